The molecule has 1 unspecified atom stereocenters. The number of hydrogen-bond donors (Lipinski definition) is 1. The topological polar surface area (TPSA) is 59.8 Å². The number of allylic oxidation sites excluding steroid dienone is 1. The second-order valence-corrected chi connectivity index (χ2v) is 7.38. The standard InChI is InChI=1S/C17H21ClN4OS/c1-5-10-22-15(13-6-8-14(18)9-7-13)20-21-17(22)24-12(4)16(23)19-11(2)3/h5-9,11-12H,1,10H2,2-4H3,(H,19,23). The number of carbonyl (C=O) groups excluding carboxylic acids is 1. The molecule has 0 fully saturated rings. The van der Waals surface area contributed by atoms with Crippen molar-refractivity contribution >= 4 is 29.3 Å². The Morgan fingerprint density at radius 1 is 1.33 bits per heavy atom. The van der Waals surface area contributed by atoms with E-state index >= 15 is 0 Å². The van der Waals surface area contributed by atoms with E-state index in [1.807, 2.05) is 49.6 Å². The minimum Gasteiger partial charge on any atom is -0.353 e. The largest absolute Gasteiger partial charge is 0.353 e. The Morgan fingerprint density at radius 3 is 2.58 bits per heavy atom. The third kappa shape index (κ3) is 4.61. The number of thioether (sulfide) groups is 1. The van der Waals surface area contributed by atoms with Crippen molar-refractivity contribution in [2.24, 2.45) is 0 Å². The van der Waals surface area contributed by atoms with Crippen molar-refractivity contribution < 1.29 is 4.79 Å². The molecule has 2 rings (SSSR count). The maximum absolute atomic E-state index is 12.1. The van der Waals surface area contributed by atoms with E-state index in [-0.39, 0.29) is 17.2 Å². The number of nitrogens with one attached hydrogen (secondary N) is 1. The number of halogens is 1. The van der Waals surface area contributed by atoms with Crippen molar-refractivity contribution in [2.45, 2.75) is 43.8 Å². The van der Waals surface area contributed by atoms with E-state index in [9.17, 15) is 4.79 Å². The number of nitrogens with zero attached hydrogens (tertiary/aromatic N) is 3. The number of benzene rings is 1. The smallest absolute Gasteiger partial charge is 0.233 e. The maximum Gasteiger partial charge on any atom is 0.233 e. The summed E-state index contributed by atoms with van der Waals surface area (Å²) in [5.41, 5.74) is 0.917. The van der Waals surface area contributed by atoms with Gasteiger partial charge in [-0.25, -0.2) is 0 Å². The third-order valence-electron chi connectivity index (χ3n) is 3.21. The highest BCUT2D eigenvalue weighted by Gasteiger charge is 2.20. The maximum atomic E-state index is 12.1. The van der Waals surface area contributed by atoms with Gasteiger partial charge >= 0.3 is 0 Å². The number of hydrogen-bond acceptors (Lipinski definition) is 4. The van der Waals surface area contributed by atoms with Crippen LogP contribution >= 0.6 is 23.4 Å². The SMILES string of the molecule is C=CCn1c(SC(C)C(=O)NC(C)C)nnc1-c1ccc(Cl)cc1. The van der Waals surface area contributed by atoms with E-state index in [1.165, 1.54) is 11.8 Å². The second-order valence-electron chi connectivity index (χ2n) is 5.64. The Balaban J connectivity index is 2.26. The molecule has 1 aromatic heterocycles. The molecule has 2 aromatic rings. The van der Waals surface area contributed by atoms with Crippen molar-refractivity contribution in [3.8, 4) is 11.4 Å². The van der Waals surface area contributed by atoms with Gasteiger partial charge in [-0.15, -0.1) is 16.8 Å². The second kappa shape index (κ2) is 8.35. The fourth-order valence-electron chi connectivity index (χ4n) is 2.10. The van der Waals surface area contributed by atoms with E-state index in [0.29, 0.717) is 16.7 Å². The molecule has 1 atom stereocenters. The lowest BCUT2D eigenvalue weighted by molar-refractivity contribution is -0.120. The average molecular weight is 365 g/mol. The van der Waals surface area contributed by atoms with Crippen LogP contribution in [0.15, 0.2) is 42.1 Å². The highest BCUT2D eigenvalue weighted by atomic mass is 35.5. The molecule has 0 radical (unpaired) electrons. The number of rotatable bonds is 7. The first-order valence-corrected chi connectivity index (χ1v) is 8.95. The van der Waals surface area contributed by atoms with Crippen LogP contribution in [-0.2, 0) is 11.3 Å². The van der Waals surface area contributed by atoms with E-state index in [4.69, 9.17) is 11.6 Å². The molecule has 0 saturated heterocycles. The van der Waals surface area contributed by atoms with Gasteiger partial charge < -0.3 is 5.32 Å². The summed E-state index contributed by atoms with van der Waals surface area (Å²) in [5, 5.41) is 12.5. The Kier molecular flexibility index (Phi) is 6.45. The molecule has 0 aliphatic rings. The van der Waals surface area contributed by atoms with Crippen LogP contribution in [0.2, 0.25) is 5.02 Å². The van der Waals surface area contributed by atoms with E-state index in [0.717, 1.165) is 11.4 Å². The molecule has 1 amide bonds. The summed E-state index contributed by atoms with van der Waals surface area (Å²) in [6.45, 7) is 10.1. The molecule has 1 aromatic carbocycles. The van der Waals surface area contributed by atoms with Gasteiger partial charge in [0.1, 0.15) is 0 Å². The van der Waals surface area contributed by atoms with Gasteiger partial charge in [0.25, 0.3) is 0 Å². The molecular weight excluding hydrogens is 344 g/mol. The Morgan fingerprint density at radius 2 is 2.00 bits per heavy atom. The van der Waals surface area contributed by atoms with Crippen molar-refractivity contribution in [1.29, 1.82) is 0 Å². The molecular formula is C17H21ClN4OS. The van der Waals surface area contributed by atoms with E-state index < -0.39 is 0 Å². The van der Waals surface area contributed by atoms with Gasteiger partial charge in [-0.2, -0.15) is 0 Å². The van der Waals surface area contributed by atoms with Gasteiger partial charge in [-0.1, -0.05) is 29.4 Å². The van der Waals surface area contributed by atoms with E-state index in [1.54, 1.807) is 6.08 Å². The van der Waals surface area contributed by atoms with Crippen LogP contribution in [0.1, 0.15) is 20.8 Å². The first kappa shape index (κ1) is 18.5. The summed E-state index contributed by atoms with van der Waals surface area (Å²) < 4.78 is 1.94. The summed E-state index contributed by atoms with van der Waals surface area (Å²) in [5.74, 6) is 0.710. The summed E-state index contributed by atoms with van der Waals surface area (Å²) in [6.07, 6.45) is 1.78. The zero-order valence-electron chi connectivity index (χ0n) is 14.0. The fraction of sp³-hybridized carbons (Fsp3) is 0.353. The number of aromatic nitrogens is 3. The quantitative estimate of drug-likeness (QED) is 0.599. The van der Waals surface area contributed by atoms with Crippen LogP contribution in [-0.4, -0.2) is 32.0 Å². The van der Waals surface area contributed by atoms with Gasteiger partial charge in [0.15, 0.2) is 11.0 Å². The van der Waals surface area contributed by atoms with Crippen molar-refractivity contribution in [3.63, 3.8) is 0 Å². The summed E-state index contributed by atoms with van der Waals surface area (Å²) in [7, 11) is 0. The van der Waals surface area contributed by atoms with Crippen molar-refractivity contribution in [2.75, 3.05) is 0 Å². The lowest BCUT2D eigenvalue weighted by Gasteiger charge is -2.14. The molecule has 0 aliphatic carbocycles. The van der Waals surface area contributed by atoms with Crippen LogP contribution < -0.4 is 5.32 Å². The number of carbonyl (C=O) groups is 1. The fourth-order valence-corrected chi connectivity index (χ4v) is 3.09. The molecule has 1 heterocycles. The van der Waals surface area contributed by atoms with Gasteiger partial charge in [0, 0.05) is 23.2 Å². The minimum absolute atomic E-state index is 0.0174. The van der Waals surface area contributed by atoms with E-state index in [2.05, 4.69) is 22.1 Å². The number of amides is 1. The van der Waals surface area contributed by atoms with Crippen molar-refractivity contribution in [1.82, 2.24) is 20.1 Å². The van der Waals surface area contributed by atoms with Gasteiger partial charge in [0.2, 0.25) is 5.91 Å². The molecule has 128 valence electrons. The Bertz CT molecular complexity index is 712. The molecule has 0 spiro atoms. The molecule has 7 heteroatoms. The molecule has 0 aliphatic heterocycles. The molecule has 0 bridgehead atoms. The molecule has 1 N–H and O–H groups in total. The summed E-state index contributed by atoms with van der Waals surface area (Å²) in [6, 6.07) is 7.53. The van der Waals surface area contributed by atoms with Gasteiger partial charge in [-0.3, -0.25) is 9.36 Å². The Labute approximate surface area is 151 Å². The van der Waals surface area contributed by atoms with Crippen LogP contribution in [0.4, 0.5) is 0 Å². The molecule has 0 saturated carbocycles. The van der Waals surface area contributed by atoms with Crippen LogP contribution in [0.25, 0.3) is 11.4 Å². The summed E-state index contributed by atoms with van der Waals surface area (Å²) in [4.78, 5) is 12.1. The Hall–Kier alpha value is -1.79. The van der Waals surface area contributed by atoms with Crippen LogP contribution in [0.5, 0.6) is 0 Å². The average Bonchev–Trinajstić information content (AvgIpc) is 2.90. The molecule has 24 heavy (non-hydrogen) atoms. The predicted molar refractivity (Wildman–Crippen MR) is 99.3 cm³/mol. The van der Waals surface area contributed by atoms with Gasteiger partial charge in [0.05, 0.1) is 5.25 Å². The predicted octanol–water partition coefficient (Wildman–Crippen LogP) is 3.79. The first-order chi connectivity index (χ1) is 11.4. The monoisotopic (exact) mass is 364 g/mol. The lowest BCUT2D eigenvalue weighted by atomic mass is 10.2. The zero-order valence-corrected chi connectivity index (χ0v) is 15.6. The van der Waals surface area contributed by atoms with Crippen molar-refractivity contribution in [3.05, 3.63) is 41.9 Å². The third-order valence-corrected chi connectivity index (χ3v) is 4.55. The van der Waals surface area contributed by atoms with Crippen LogP contribution in [0, 0.1) is 0 Å². The molecule has 5 nitrogen and oxygen atoms in total. The van der Waals surface area contributed by atoms with Crippen LogP contribution in [0.3, 0.4) is 0 Å². The van der Waals surface area contributed by atoms with Gasteiger partial charge in [-0.05, 0) is 45.0 Å². The summed E-state index contributed by atoms with van der Waals surface area (Å²) >= 11 is 7.33. The highest BCUT2D eigenvalue weighted by Crippen LogP contribution is 2.27. The zero-order chi connectivity index (χ0) is 17.7. The minimum atomic E-state index is -0.266. The lowest BCUT2D eigenvalue weighted by Crippen LogP contribution is -2.36. The first-order valence-electron chi connectivity index (χ1n) is 7.69. The highest BCUT2D eigenvalue weighted by molar-refractivity contribution is 8.00. The normalized spacial score (nSPS) is 12.2.